The van der Waals surface area contributed by atoms with Gasteiger partial charge in [-0.05, 0) is 49.6 Å². The summed E-state index contributed by atoms with van der Waals surface area (Å²) in [6, 6.07) is 8.54. The number of carbonyl (C=O) groups is 1. The molecule has 0 fully saturated rings. The summed E-state index contributed by atoms with van der Waals surface area (Å²) in [4.78, 5) is 23.8. The van der Waals surface area contributed by atoms with Gasteiger partial charge in [0, 0.05) is 18.3 Å². The molecule has 0 bridgehead atoms. The van der Waals surface area contributed by atoms with Gasteiger partial charge in [0.15, 0.2) is 0 Å². The fourth-order valence-corrected chi connectivity index (χ4v) is 1.96. The summed E-state index contributed by atoms with van der Waals surface area (Å²) in [6.07, 6.45) is 0.787. The lowest BCUT2D eigenvalue weighted by atomic mass is 10.1. The van der Waals surface area contributed by atoms with Crippen molar-refractivity contribution in [1.82, 2.24) is 9.78 Å². The second-order valence-electron chi connectivity index (χ2n) is 5.03. The van der Waals surface area contributed by atoms with E-state index in [2.05, 4.69) is 10.4 Å². The summed E-state index contributed by atoms with van der Waals surface area (Å²) in [7, 11) is 0. The third kappa shape index (κ3) is 3.56. The van der Waals surface area contributed by atoms with Gasteiger partial charge in [-0.25, -0.2) is 4.68 Å². The Bertz CT molecular complexity index is 720. The van der Waals surface area contributed by atoms with Gasteiger partial charge in [0.2, 0.25) is 0 Å². The Hall–Kier alpha value is -2.43. The Balaban J connectivity index is 2.21. The number of aryl methyl sites for hydroxylation is 3. The fraction of sp³-hybridized carbons (Fsp3) is 0.312. The lowest BCUT2D eigenvalue weighted by Crippen LogP contribution is -2.26. The zero-order valence-corrected chi connectivity index (χ0v) is 12.5. The lowest BCUT2D eigenvalue weighted by molar-refractivity contribution is 0.102. The molecule has 1 aromatic heterocycles. The van der Waals surface area contributed by atoms with Crippen molar-refractivity contribution in [2.45, 2.75) is 33.7 Å². The number of amides is 1. The third-order valence-corrected chi connectivity index (χ3v) is 3.30. The van der Waals surface area contributed by atoms with Crippen LogP contribution in [0.15, 0.2) is 35.1 Å². The molecule has 0 spiro atoms. The largest absolute Gasteiger partial charge is 0.321 e. The molecule has 0 radical (unpaired) electrons. The molecule has 21 heavy (non-hydrogen) atoms. The van der Waals surface area contributed by atoms with Crippen LogP contribution in [0, 0.1) is 13.8 Å². The molecular formula is C16H19N3O2. The second kappa shape index (κ2) is 6.35. The average molecular weight is 285 g/mol. The van der Waals surface area contributed by atoms with Gasteiger partial charge in [-0.3, -0.25) is 9.59 Å². The van der Waals surface area contributed by atoms with Crippen molar-refractivity contribution in [3.8, 4) is 0 Å². The molecule has 0 unspecified atom stereocenters. The van der Waals surface area contributed by atoms with Crippen LogP contribution in [0.25, 0.3) is 0 Å². The molecular weight excluding hydrogens is 266 g/mol. The molecule has 5 nitrogen and oxygen atoms in total. The van der Waals surface area contributed by atoms with Gasteiger partial charge in [-0.1, -0.05) is 13.0 Å². The van der Waals surface area contributed by atoms with E-state index in [9.17, 15) is 9.59 Å². The van der Waals surface area contributed by atoms with Crippen LogP contribution < -0.4 is 10.9 Å². The second-order valence-corrected chi connectivity index (χ2v) is 5.03. The van der Waals surface area contributed by atoms with E-state index in [0.29, 0.717) is 6.54 Å². The molecule has 1 aromatic carbocycles. The first-order valence-electron chi connectivity index (χ1n) is 6.98. The highest BCUT2D eigenvalue weighted by Gasteiger charge is 2.10. The van der Waals surface area contributed by atoms with Gasteiger partial charge in [-0.2, -0.15) is 5.10 Å². The van der Waals surface area contributed by atoms with Crippen molar-refractivity contribution in [2.75, 3.05) is 5.32 Å². The van der Waals surface area contributed by atoms with Crippen molar-refractivity contribution in [1.29, 1.82) is 0 Å². The molecule has 1 heterocycles. The smallest absolute Gasteiger partial charge is 0.276 e. The molecule has 5 heteroatoms. The maximum atomic E-state index is 12.2. The molecule has 0 atom stereocenters. The lowest BCUT2D eigenvalue weighted by Gasteiger charge is -2.08. The highest BCUT2D eigenvalue weighted by molar-refractivity contribution is 6.02. The van der Waals surface area contributed by atoms with E-state index in [1.165, 1.54) is 22.4 Å². The summed E-state index contributed by atoms with van der Waals surface area (Å²) in [6.45, 7) is 6.47. The van der Waals surface area contributed by atoms with Crippen LogP contribution in [-0.2, 0) is 6.54 Å². The minimum Gasteiger partial charge on any atom is -0.321 e. The summed E-state index contributed by atoms with van der Waals surface area (Å²) in [5, 5.41) is 6.89. The van der Waals surface area contributed by atoms with Gasteiger partial charge in [0.25, 0.3) is 11.5 Å². The van der Waals surface area contributed by atoms with E-state index in [0.717, 1.165) is 17.7 Å². The molecule has 2 rings (SSSR count). The predicted molar refractivity (Wildman–Crippen MR) is 82.7 cm³/mol. The Morgan fingerprint density at radius 2 is 1.95 bits per heavy atom. The Morgan fingerprint density at radius 3 is 2.62 bits per heavy atom. The van der Waals surface area contributed by atoms with Crippen LogP contribution in [0.3, 0.4) is 0 Å². The highest BCUT2D eigenvalue weighted by atomic mass is 16.2. The monoisotopic (exact) mass is 285 g/mol. The number of aromatic nitrogens is 2. The number of benzene rings is 1. The standard InChI is InChI=1S/C16H19N3O2/c1-4-9-19-15(20)8-7-14(18-19)16(21)17-13-6-5-11(2)12(3)10-13/h5-8,10H,4,9H2,1-3H3,(H,17,21). The van der Waals surface area contributed by atoms with Gasteiger partial charge >= 0.3 is 0 Å². The predicted octanol–water partition coefficient (Wildman–Crippen LogP) is 2.52. The summed E-state index contributed by atoms with van der Waals surface area (Å²) in [5.74, 6) is -0.317. The molecule has 2 aromatic rings. The zero-order chi connectivity index (χ0) is 15.4. The third-order valence-electron chi connectivity index (χ3n) is 3.30. The summed E-state index contributed by atoms with van der Waals surface area (Å²) < 4.78 is 1.31. The van der Waals surface area contributed by atoms with Crippen molar-refractivity contribution >= 4 is 11.6 Å². The first kappa shape index (κ1) is 15.0. The van der Waals surface area contributed by atoms with Gasteiger partial charge in [0.1, 0.15) is 5.69 Å². The molecule has 0 saturated carbocycles. The van der Waals surface area contributed by atoms with E-state index in [-0.39, 0.29) is 17.2 Å². The molecule has 110 valence electrons. The van der Waals surface area contributed by atoms with E-state index in [1.54, 1.807) is 0 Å². The molecule has 0 saturated heterocycles. The number of rotatable bonds is 4. The van der Waals surface area contributed by atoms with E-state index in [4.69, 9.17) is 0 Å². The van der Waals surface area contributed by atoms with Crippen LogP contribution in [0.5, 0.6) is 0 Å². The van der Waals surface area contributed by atoms with Crippen LogP contribution in [0.1, 0.15) is 35.0 Å². The van der Waals surface area contributed by atoms with Crippen molar-refractivity contribution in [2.24, 2.45) is 0 Å². The van der Waals surface area contributed by atoms with Crippen molar-refractivity contribution in [3.05, 3.63) is 57.5 Å². The number of carbonyl (C=O) groups excluding carboxylic acids is 1. The van der Waals surface area contributed by atoms with Crippen LogP contribution in [0.4, 0.5) is 5.69 Å². The molecule has 0 aliphatic carbocycles. The van der Waals surface area contributed by atoms with Crippen LogP contribution >= 0.6 is 0 Å². The summed E-state index contributed by atoms with van der Waals surface area (Å²) in [5.41, 5.74) is 3.04. The minimum absolute atomic E-state index is 0.195. The molecule has 0 aliphatic heterocycles. The van der Waals surface area contributed by atoms with Gasteiger partial charge in [-0.15, -0.1) is 0 Å². The van der Waals surface area contributed by atoms with Crippen LogP contribution in [-0.4, -0.2) is 15.7 Å². The minimum atomic E-state index is -0.317. The number of hydrogen-bond acceptors (Lipinski definition) is 3. The number of hydrogen-bond donors (Lipinski definition) is 1. The first-order chi connectivity index (χ1) is 10.0. The Kier molecular flexibility index (Phi) is 4.52. The maximum absolute atomic E-state index is 12.2. The number of anilines is 1. The Labute approximate surface area is 123 Å². The highest BCUT2D eigenvalue weighted by Crippen LogP contribution is 2.14. The Morgan fingerprint density at radius 1 is 1.19 bits per heavy atom. The number of nitrogens with one attached hydrogen (secondary N) is 1. The van der Waals surface area contributed by atoms with E-state index >= 15 is 0 Å². The zero-order valence-electron chi connectivity index (χ0n) is 12.5. The molecule has 0 aliphatic rings. The maximum Gasteiger partial charge on any atom is 0.276 e. The first-order valence-corrected chi connectivity index (χ1v) is 6.98. The van der Waals surface area contributed by atoms with Crippen molar-refractivity contribution < 1.29 is 4.79 Å². The summed E-state index contributed by atoms with van der Waals surface area (Å²) >= 11 is 0. The average Bonchev–Trinajstić information content (AvgIpc) is 2.45. The molecule has 1 amide bonds. The topological polar surface area (TPSA) is 64.0 Å². The quantitative estimate of drug-likeness (QED) is 0.938. The SMILES string of the molecule is CCCn1nc(C(=O)Nc2ccc(C)c(C)c2)ccc1=O. The normalized spacial score (nSPS) is 10.4. The number of nitrogens with zero attached hydrogens (tertiary/aromatic N) is 2. The molecule has 1 N–H and O–H groups in total. The van der Waals surface area contributed by atoms with Crippen LogP contribution in [0.2, 0.25) is 0 Å². The fourth-order valence-electron chi connectivity index (χ4n) is 1.96. The van der Waals surface area contributed by atoms with Gasteiger partial charge < -0.3 is 5.32 Å². The van der Waals surface area contributed by atoms with Crippen molar-refractivity contribution in [3.63, 3.8) is 0 Å². The van der Waals surface area contributed by atoms with E-state index < -0.39 is 0 Å². The van der Waals surface area contributed by atoms with E-state index in [1.807, 2.05) is 39.0 Å². The van der Waals surface area contributed by atoms with Gasteiger partial charge in [0.05, 0.1) is 0 Å².